The molecule has 2 rings (SSSR count). The number of nitrogens with zero attached hydrogens (tertiary/aromatic N) is 1. The Bertz CT molecular complexity index is 497. The predicted molar refractivity (Wildman–Crippen MR) is 63.9 cm³/mol. The normalized spacial score (nSPS) is 10.4. The van der Waals surface area contributed by atoms with E-state index in [-0.39, 0.29) is 5.82 Å². The Kier molecular flexibility index (Phi) is 3.10. The second-order valence-corrected chi connectivity index (χ2v) is 4.54. The van der Waals surface area contributed by atoms with E-state index in [2.05, 4.69) is 4.98 Å². The molecule has 0 fully saturated rings. The van der Waals surface area contributed by atoms with Crippen molar-refractivity contribution in [2.75, 3.05) is 5.73 Å². The van der Waals surface area contributed by atoms with E-state index in [1.54, 1.807) is 31.3 Å². The monoisotopic (exact) mass is 234 g/mol. The van der Waals surface area contributed by atoms with Gasteiger partial charge >= 0.3 is 0 Å². The summed E-state index contributed by atoms with van der Waals surface area (Å²) in [6.45, 7) is 1.75. The zero-order valence-corrected chi connectivity index (χ0v) is 9.59. The minimum atomic E-state index is -0.186. The molecule has 0 spiro atoms. The summed E-state index contributed by atoms with van der Waals surface area (Å²) in [5.41, 5.74) is 6.82. The van der Waals surface area contributed by atoms with Crippen molar-refractivity contribution < 1.29 is 4.39 Å². The Morgan fingerprint density at radius 3 is 2.69 bits per heavy atom. The molecular formula is C12H11FN2S. The Morgan fingerprint density at radius 1 is 1.25 bits per heavy atom. The maximum atomic E-state index is 13.0. The Hall–Kier alpha value is -1.55. The van der Waals surface area contributed by atoms with Crippen molar-refractivity contribution in [1.82, 2.24) is 4.98 Å². The Labute approximate surface area is 97.7 Å². The predicted octanol–water partition coefficient (Wildman–Crippen LogP) is 3.26. The highest BCUT2D eigenvalue weighted by atomic mass is 32.2. The molecule has 82 valence electrons. The number of aryl methyl sites for hydroxylation is 1. The van der Waals surface area contributed by atoms with Gasteiger partial charge in [-0.1, -0.05) is 11.8 Å². The zero-order chi connectivity index (χ0) is 11.5. The third-order valence-corrected chi connectivity index (χ3v) is 3.05. The number of aromatic nitrogens is 1. The standard InChI is InChI=1S/C12H11FN2S/c1-8-6-10(3-4-11(8)13)16-12-5-2-9(14)7-15-12/h2-7H,14H2,1H3. The number of pyridine rings is 1. The zero-order valence-electron chi connectivity index (χ0n) is 8.77. The van der Waals surface area contributed by atoms with Crippen LogP contribution in [0.5, 0.6) is 0 Å². The van der Waals surface area contributed by atoms with Crippen LogP contribution in [-0.4, -0.2) is 4.98 Å². The molecule has 1 heterocycles. The van der Waals surface area contributed by atoms with Gasteiger partial charge in [0.05, 0.1) is 11.9 Å². The second kappa shape index (κ2) is 4.53. The molecule has 16 heavy (non-hydrogen) atoms. The minimum Gasteiger partial charge on any atom is -0.397 e. The van der Waals surface area contributed by atoms with Gasteiger partial charge in [-0.25, -0.2) is 9.37 Å². The van der Waals surface area contributed by atoms with Gasteiger partial charge in [0.25, 0.3) is 0 Å². The van der Waals surface area contributed by atoms with E-state index in [0.717, 1.165) is 9.92 Å². The lowest BCUT2D eigenvalue weighted by atomic mass is 10.2. The number of nitrogens with two attached hydrogens (primary N) is 1. The van der Waals surface area contributed by atoms with E-state index in [4.69, 9.17) is 5.73 Å². The van der Waals surface area contributed by atoms with Crippen LogP contribution < -0.4 is 5.73 Å². The third kappa shape index (κ3) is 2.52. The van der Waals surface area contributed by atoms with E-state index in [1.165, 1.54) is 17.8 Å². The summed E-state index contributed by atoms with van der Waals surface area (Å²) >= 11 is 1.49. The van der Waals surface area contributed by atoms with Gasteiger partial charge < -0.3 is 5.73 Å². The molecule has 2 aromatic rings. The Balaban J connectivity index is 2.20. The van der Waals surface area contributed by atoms with Gasteiger partial charge in [-0.2, -0.15) is 0 Å². The summed E-state index contributed by atoms with van der Waals surface area (Å²) < 4.78 is 13.0. The molecule has 0 radical (unpaired) electrons. The van der Waals surface area contributed by atoms with Gasteiger partial charge in [0.2, 0.25) is 0 Å². The highest BCUT2D eigenvalue weighted by Gasteiger charge is 2.02. The van der Waals surface area contributed by atoms with E-state index in [1.807, 2.05) is 6.07 Å². The van der Waals surface area contributed by atoms with Crippen LogP contribution in [0.15, 0.2) is 46.5 Å². The third-order valence-electron chi connectivity index (χ3n) is 2.11. The first-order chi connectivity index (χ1) is 7.65. The second-order valence-electron chi connectivity index (χ2n) is 3.44. The average Bonchev–Trinajstić information content (AvgIpc) is 2.27. The van der Waals surface area contributed by atoms with Crippen molar-refractivity contribution >= 4 is 17.4 Å². The molecule has 0 unspecified atom stereocenters. The van der Waals surface area contributed by atoms with E-state index in [0.29, 0.717) is 11.3 Å². The number of benzene rings is 1. The van der Waals surface area contributed by atoms with Crippen molar-refractivity contribution in [1.29, 1.82) is 0 Å². The fraction of sp³-hybridized carbons (Fsp3) is 0.0833. The van der Waals surface area contributed by atoms with E-state index in [9.17, 15) is 4.39 Å². The van der Waals surface area contributed by atoms with Crippen LogP contribution in [0.1, 0.15) is 5.56 Å². The van der Waals surface area contributed by atoms with Gasteiger partial charge in [-0.05, 0) is 42.8 Å². The molecule has 0 bridgehead atoms. The summed E-state index contributed by atoms with van der Waals surface area (Å²) in [4.78, 5) is 5.14. The van der Waals surface area contributed by atoms with E-state index < -0.39 is 0 Å². The van der Waals surface area contributed by atoms with Crippen LogP contribution in [0.2, 0.25) is 0 Å². The highest BCUT2D eigenvalue weighted by Crippen LogP contribution is 2.27. The van der Waals surface area contributed by atoms with Gasteiger partial charge in [-0.15, -0.1) is 0 Å². The topological polar surface area (TPSA) is 38.9 Å². The summed E-state index contributed by atoms with van der Waals surface area (Å²) in [5, 5.41) is 0.847. The number of hydrogen-bond donors (Lipinski definition) is 1. The number of hydrogen-bond acceptors (Lipinski definition) is 3. The first-order valence-corrected chi connectivity index (χ1v) is 5.62. The quantitative estimate of drug-likeness (QED) is 0.866. The molecular weight excluding hydrogens is 223 g/mol. The van der Waals surface area contributed by atoms with Crippen molar-refractivity contribution in [3.8, 4) is 0 Å². The Morgan fingerprint density at radius 2 is 2.06 bits per heavy atom. The summed E-state index contributed by atoms with van der Waals surface area (Å²) in [6, 6.07) is 8.66. The maximum absolute atomic E-state index is 13.0. The molecule has 1 aromatic heterocycles. The van der Waals surface area contributed by atoms with Crippen molar-refractivity contribution in [3.63, 3.8) is 0 Å². The van der Waals surface area contributed by atoms with Crippen LogP contribution in [0.25, 0.3) is 0 Å². The molecule has 0 saturated carbocycles. The molecule has 0 amide bonds. The van der Waals surface area contributed by atoms with Gasteiger partial charge in [-0.3, -0.25) is 0 Å². The molecule has 0 aliphatic carbocycles. The van der Waals surface area contributed by atoms with Crippen molar-refractivity contribution in [3.05, 3.63) is 47.9 Å². The minimum absolute atomic E-state index is 0.186. The largest absolute Gasteiger partial charge is 0.397 e. The van der Waals surface area contributed by atoms with Crippen LogP contribution >= 0.6 is 11.8 Å². The maximum Gasteiger partial charge on any atom is 0.126 e. The lowest BCUT2D eigenvalue weighted by Crippen LogP contribution is -1.87. The fourth-order valence-corrected chi connectivity index (χ4v) is 2.11. The van der Waals surface area contributed by atoms with Crippen molar-refractivity contribution in [2.45, 2.75) is 16.8 Å². The lowest BCUT2D eigenvalue weighted by Gasteiger charge is -2.03. The molecule has 0 atom stereocenters. The summed E-state index contributed by atoms with van der Waals surface area (Å²) in [7, 11) is 0. The number of nitrogen functional groups attached to an aromatic ring is 1. The SMILES string of the molecule is Cc1cc(Sc2ccc(N)cn2)ccc1F. The summed E-state index contributed by atoms with van der Waals surface area (Å²) in [6.07, 6.45) is 1.61. The molecule has 1 aromatic carbocycles. The van der Waals surface area contributed by atoms with Crippen LogP contribution in [0.4, 0.5) is 10.1 Å². The van der Waals surface area contributed by atoms with E-state index >= 15 is 0 Å². The lowest BCUT2D eigenvalue weighted by molar-refractivity contribution is 0.617. The van der Waals surface area contributed by atoms with Gasteiger partial charge in [0, 0.05) is 4.90 Å². The average molecular weight is 234 g/mol. The van der Waals surface area contributed by atoms with Gasteiger partial charge in [0.1, 0.15) is 10.8 Å². The smallest absolute Gasteiger partial charge is 0.126 e. The molecule has 4 heteroatoms. The molecule has 2 nitrogen and oxygen atoms in total. The first kappa shape index (κ1) is 11.0. The first-order valence-electron chi connectivity index (χ1n) is 4.81. The van der Waals surface area contributed by atoms with Gasteiger partial charge in [0.15, 0.2) is 0 Å². The van der Waals surface area contributed by atoms with Crippen molar-refractivity contribution in [2.24, 2.45) is 0 Å². The van der Waals surface area contributed by atoms with Crippen LogP contribution in [0.3, 0.4) is 0 Å². The molecule has 0 aliphatic rings. The number of halogens is 1. The molecule has 0 aliphatic heterocycles. The summed E-state index contributed by atoms with van der Waals surface area (Å²) in [5.74, 6) is -0.186. The van der Waals surface area contributed by atoms with Crippen LogP contribution in [-0.2, 0) is 0 Å². The highest BCUT2D eigenvalue weighted by molar-refractivity contribution is 7.99. The number of anilines is 1. The van der Waals surface area contributed by atoms with Crippen LogP contribution in [0, 0.1) is 12.7 Å². The molecule has 2 N–H and O–H groups in total. The fourth-order valence-electron chi connectivity index (χ4n) is 1.25. The number of rotatable bonds is 2. The molecule has 0 saturated heterocycles.